The van der Waals surface area contributed by atoms with Crippen LogP contribution in [0.2, 0.25) is 0 Å². The average Bonchev–Trinajstić information content (AvgIpc) is 3.04. The van der Waals surface area contributed by atoms with Crippen molar-refractivity contribution in [2.45, 2.75) is 30.7 Å². The molecule has 47 heavy (non-hydrogen) atoms. The van der Waals surface area contributed by atoms with Gasteiger partial charge in [0.2, 0.25) is 17.5 Å². The van der Waals surface area contributed by atoms with E-state index < -0.39 is 71.3 Å². The molecule has 0 radical (unpaired) electrons. The van der Waals surface area contributed by atoms with Crippen molar-refractivity contribution in [2.24, 2.45) is 0 Å². The molecule has 0 amide bonds. The first-order valence-electron chi connectivity index (χ1n) is 13.9. The van der Waals surface area contributed by atoms with E-state index in [1.54, 1.807) is 0 Å². The lowest BCUT2D eigenvalue weighted by atomic mass is 9.99. The Kier molecular flexibility index (Phi) is 9.44. The summed E-state index contributed by atoms with van der Waals surface area (Å²) in [5.41, 5.74) is -0.604. The summed E-state index contributed by atoms with van der Waals surface area (Å²) in [7, 11) is 2.65. The van der Waals surface area contributed by atoms with Crippen LogP contribution in [0, 0.1) is 0 Å². The van der Waals surface area contributed by atoms with Gasteiger partial charge in [-0.1, -0.05) is 6.07 Å². The van der Waals surface area contributed by atoms with Crippen LogP contribution in [0.5, 0.6) is 40.2 Å². The number of aliphatic hydroxyl groups excluding tert-OH is 3. The standard InChI is InChI=1S/C32H30O15/c1-42-20-9-14(3-6-17(20)34)4-8-24(37)44-13-23-26(38)28(40)29(41)32(46-23)47-31-27(39)25-19(36)11-16(33)12-22(25)45-30(31)15-5-7-18(35)21(10-15)43-2/h3-12,23,26,28-29,32-36,38,40-41H,13H2,1-2H3/t23-,26-,28+,29-,32+/m1/s1. The molecule has 1 fully saturated rings. The molecule has 1 aliphatic rings. The zero-order valence-electron chi connectivity index (χ0n) is 24.8. The van der Waals surface area contributed by atoms with Crippen molar-refractivity contribution in [3.63, 3.8) is 0 Å². The topological polar surface area (TPSA) is 235 Å². The average molecular weight is 655 g/mol. The highest BCUT2D eigenvalue weighted by atomic mass is 16.7. The van der Waals surface area contributed by atoms with E-state index in [2.05, 4.69) is 0 Å². The van der Waals surface area contributed by atoms with E-state index in [0.717, 1.165) is 18.2 Å². The van der Waals surface area contributed by atoms with Crippen LogP contribution in [0.4, 0.5) is 0 Å². The van der Waals surface area contributed by atoms with Crippen LogP contribution in [0.1, 0.15) is 5.56 Å². The first kappa shape index (κ1) is 32.9. The quantitative estimate of drug-likeness (QED) is 0.101. The Bertz CT molecular complexity index is 1880. The summed E-state index contributed by atoms with van der Waals surface area (Å²) in [4.78, 5) is 26.1. The van der Waals surface area contributed by atoms with E-state index >= 15 is 0 Å². The van der Waals surface area contributed by atoms with E-state index in [4.69, 9.17) is 28.1 Å². The van der Waals surface area contributed by atoms with Gasteiger partial charge in [-0.3, -0.25) is 4.79 Å². The Morgan fingerprint density at radius 2 is 1.53 bits per heavy atom. The molecule has 1 saturated heterocycles. The second-order valence-electron chi connectivity index (χ2n) is 10.3. The number of phenols is 4. The van der Waals surface area contributed by atoms with E-state index in [1.165, 1.54) is 56.7 Å². The zero-order chi connectivity index (χ0) is 34.0. The first-order chi connectivity index (χ1) is 22.4. The van der Waals surface area contributed by atoms with E-state index in [-0.39, 0.29) is 39.9 Å². The summed E-state index contributed by atoms with van der Waals surface area (Å²) in [6, 6.07) is 10.2. The van der Waals surface area contributed by atoms with Gasteiger partial charge >= 0.3 is 5.97 Å². The number of ether oxygens (including phenoxy) is 5. The highest BCUT2D eigenvalue weighted by molar-refractivity contribution is 5.88. The number of methoxy groups -OCH3 is 2. The predicted octanol–water partition coefficient (Wildman–Crippen LogP) is 1.74. The van der Waals surface area contributed by atoms with Gasteiger partial charge in [-0.2, -0.15) is 0 Å². The molecule has 0 bridgehead atoms. The first-order valence-corrected chi connectivity index (χ1v) is 13.9. The molecular formula is C32H30O15. The molecule has 0 unspecified atom stereocenters. The van der Waals surface area contributed by atoms with E-state index in [0.29, 0.717) is 5.56 Å². The van der Waals surface area contributed by atoms with Crippen molar-refractivity contribution in [2.75, 3.05) is 20.8 Å². The number of hydrogen-bond acceptors (Lipinski definition) is 15. The number of fused-ring (bicyclic) bond motifs is 1. The van der Waals surface area contributed by atoms with Crippen LogP contribution >= 0.6 is 0 Å². The SMILES string of the molecule is COc1cc(C=CC(=O)OC[C@H]2O[C@@H](Oc3c(-c4ccc(O)c(OC)c4)oc4cc(O)cc(O)c4c3=O)[C@H](O)[C@@H](O)[C@@H]2O)ccc1O. The molecule has 3 aromatic carbocycles. The lowest BCUT2D eigenvalue weighted by molar-refractivity contribution is -0.278. The zero-order valence-corrected chi connectivity index (χ0v) is 24.8. The second-order valence-corrected chi connectivity index (χ2v) is 10.3. The van der Waals surface area contributed by atoms with E-state index in [1.807, 2.05) is 0 Å². The lowest BCUT2D eigenvalue weighted by Gasteiger charge is -2.39. The molecule has 2 heterocycles. The third-order valence-electron chi connectivity index (χ3n) is 7.27. The fourth-order valence-corrected chi connectivity index (χ4v) is 4.83. The minimum absolute atomic E-state index is 0.0112. The highest BCUT2D eigenvalue weighted by Crippen LogP contribution is 2.39. The molecule has 4 aromatic rings. The summed E-state index contributed by atoms with van der Waals surface area (Å²) in [5.74, 6) is -3.04. The molecule has 1 aromatic heterocycles. The van der Waals surface area contributed by atoms with Crippen molar-refractivity contribution >= 4 is 23.0 Å². The molecule has 5 atom stereocenters. The molecule has 5 rings (SSSR count). The van der Waals surface area contributed by atoms with E-state index in [9.17, 15) is 45.3 Å². The van der Waals surface area contributed by atoms with Gasteiger partial charge in [0.15, 0.2) is 28.8 Å². The lowest BCUT2D eigenvalue weighted by Crippen LogP contribution is -2.60. The van der Waals surface area contributed by atoms with Crippen LogP contribution in [0.25, 0.3) is 28.4 Å². The van der Waals surface area contributed by atoms with Crippen molar-refractivity contribution < 1.29 is 68.6 Å². The monoisotopic (exact) mass is 654 g/mol. The van der Waals surface area contributed by atoms with Crippen LogP contribution in [-0.4, -0.2) is 93.2 Å². The molecular weight excluding hydrogens is 624 g/mol. The van der Waals surface area contributed by atoms with Crippen LogP contribution in [0.3, 0.4) is 0 Å². The Morgan fingerprint density at radius 3 is 2.23 bits per heavy atom. The summed E-state index contributed by atoms with van der Waals surface area (Å²) in [6.07, 6.45) is -6.47. The van der Waals surface area contributed by atoms with Gasteiger partial charge in [-0.15, -0.1) is 0 Å². The Morgan fingerprint density at radius 1 is 0.851 bits per heavy atom. The fraction of sp³-hybridized carbons (Fsp3) is 0.250. The van der Waals surface area contributed by atoms with Crippen LogP contribution in [0.15, 0.2) is 63.8 Å². The summed E-state index contributed by atoms with van der Waals surface area (Å²) in [6.45, 7) is -0.624. The Labute approximate surface area is 265 Å². The smallest absolute Gasteiger partial charge is 0.330 e. The number of phenolic OH excluding ortho intramolecular Hbond substituents is 4. The summed E-state index contributed by atoms with van der Waals surface area (Å²) >= 11 is 0. The number of aromatic hydroxyl groups is 4. The van der Waals surface area contributed by atoms with Crippen molar-refractivity contribution in [1.82, 2.24) is 0 Å². The maximum Gasteiger partial charge on any atom is 0.330 e. The van der Waals surface area contributed by atoms with Gasteiger partial charge < -0.3 is 63.8 Å². The van der Waals surface area contributed by atoms with Crippen molar-refractivity contribution in [3.05, 3.63) is 70.4 Å². The number of carbonyl (C=O) groups is 1. The number of aliphatic hydroxyl groups is 3. The third-order valence-corrected chi connectivity index (χ3v) is 7.27. The van der Waals surface area contributed by atoms with Gasteiger partial charge in [-0.05, 0) is 42.0 Å². The van der Waals surface area contributed by atoms with Crippen molar-refractivity contribution in [1.29, 1.82) is 0 Å². The Hall–Kier alpha value is -5.48. The van der Waals surface area contributed by atoms with Gasteiger partial charge in [0.05, 0.1) is 14.2 Å². The number of rotatable bonds is 9. The normalized spacial score (nSPS) is 21.1. The largest absolute Gasteiger partial charge is 0.508 e. The molecule has 7 N–H and O–H groups in total. The molecule has 1 aliphatic heterocycles. The second kappa shape index (κ2) is 13.5. The Balaban J connectivity index is 1.43. The fourth-order valence-electron chi connectivity index (χ4n) is 4.83. The summed E-state index contributed by atoms with van der Waals surface area (Å²) in [5, 5.41) is 71.7. The van der Waals surface area contributed by atoms with Crippen molar-refractivity contribution in [3.8, 4) is 51.6 Å². The molecule has 0 spiro atoms. The number of esters is 1. The predicted molar refractivity (Wildman–Crippen MR) is 161 cm³/mol. The molecule has 15 nitrogen and oxygen atoms in total. The van der Waals surface area contributed by atoms with Crippen LogP contribution < -0.4 is 19.6 Å². The third kappa shape index (κ3) is 6.73. The minimum atomic E-state index is -1.94. The highest BCUT2D eigenvalue weighted by Gasteiger charge is 2.46. The maximum atomic E-state index is 13.7. The minimum Gasteiger partial charge on any atom is -0.508 e. The van der Waals surface area contributed by atoms with Gasteiger partial charge in [0.25, 0.3) is 0 Å². The number of benzene rings is 3. The molecule has 0 aliphatic carbocycles. The summed E-state index contributed by atoms with van der Waals surface area (Å²) < 4.78 is 32.6. The maximum absolute atomic E-state index is 13.7. The molecule has 248 valence electrons. The molecule has 15 heteroatoms. The van der Waals surface area contributed by atoms with Gasteiger partial charge in [-0.25, -0.2) is 4.79 Å². The molecule has 0 saturated carbocycles. The number of carbonyl (C=O) groups excluding carboxylic acids is 1. The van der Waals surface area contributed by atoms with Gasteiger partial charge in [0, 0.05) is 23.8 Å². The number of hydrogen-bond donors (Lipinski definition) is 7. The van der Waals surface area contributed by atoms with Crippen LogP contribution in [-0.2, 0) is 14.3 Å². The van der Waals surface area contributed by atoms with Gasteiger partial charge in [0.1, 0.15) is 53.5 Å².